The largest absolute Gasteiger partial charge is 0.383 e. The van der Waals surface area contributed by atoms with Gasteiger partial charge < -0.3 is 15.2 Å². The van der Waals surface area contributed by atoms with E-state index >= 15 is 0 Å². The van der Waals surface area contributed by atoms with Crippen molar-refractivity contribution in [2.24, 2.45) is 5.73 Å². The summed E-state index contributed by atoms with van der Waals surface area (Å²) in [6.45, 7) is 5.96. The van der Waals surface area contributed by atoms with E-state index in [1.54, 1.807) is 25.6 Å². The normalized spacial score (nSPS) is 13.2. The van der Waals surface area contributed by atoms with Gasteiger partial charge in [0.1, 0.15) is 5.01 Å². The van der Waals surface area contributed by atoms with Crippen LogP contribution < -0.4 is 5.73 Å². The number of hydrogen-bond acceptors (Lipinski definition) is 6. The van der Waals surface area contributed by atoms with Crippen molar-refractivity contribution in [1.29, 1.82) is 0 Å². The van der Waals surface area contributed by atoms with E-state index in [-0.39, 0.29) is 6.04 Å². The predicted octanol–water partition coefficient (Wildman–Crippen LogP) is 1.26. The number of hydrogen-bond donors (Lipinski definition) is 1. The molecule has 0 saturated heterocycles. The van der Waals surface area contributed by atoms with Crippen molar-refractivity contribution in [1.82, 2.24) is 9.88 Å². The molecule has 0 fully saturated rings. The van der Waals surface area contributed by atoms with E-state index in [1.807, 2.05) is 6.92 Å². The van der Waals surface area contributed by atoms with E-state index < -0.39 is 0 Å². The molecule has 6 heteroatoms. The molecule has 0 saturated carbocycles. The first kappa shape index (κ1) is 15.5. The lowest BCUT2D eigenvalue weighted by atomic mass is 10.3. The highest BCUT2D eigenvalue weighted by Crippen LogP contribution is 2.16. The van der Waals surface area contributed by atoms with Crippen molar-refractivity contribution in [3.8, 4) is 0 Å². The van der Waals surface area contributed by atoms with Crippen LogP contribution >= 0.6 is 11.3 Å². The van der Waals surface area contributed by atoms with E-state index in [2.05, 4.69) is 15.3 Å². The smallest absolute Gasteiger partial charge is 0.109 e. The first-order valence-electron chi connectivity index (χ1n) is 6.07. The average Bonchev–Trinajstić information content (AvgIpc) is 2.81. The Bertz CT molecular complexity index is 323. The van der Waals surface area contributed by atoms with Crippen LogP contribution in [-0.4, -0.2) is 50.4 Å². The molecule has 0 aliphatic rings. The molecule has 1 heterocycles. The summed E-state index contributed by atoms with van der Waals surface area (Å²) in [5.41, 5.74) is 6.88. The Balaban J connectivity index is 2.51. The molecule has 104 valence electrons. The highest BCUT2D eigenvalue weighted by molar-refractivity contribution is 7.09. The van der Waals surface area contributed by atoms with Gasteiger partial charge in [-0.3, -0.25) is 4.90 Å². The van der Waals surface area contributed by atoms with Crippen LogP contribution in [0.5, 0.6) is 0 Å². The number of thiazole rings is 1. The van der Waals surface area contributed by atoms with Gasteiger partial charge >= 0.3 is 0 Å². The number of methoxy groups -OCH3 is 2. The van der Waals surface area contributed by atoms with Crippen LogP contribution in [-0.2, 0) is 16.0 Å². The van der Waals surface area contributed by atoms with Gasteiger partial charge in [-0.15, -0.1) is 11.3 Å². The van der Waals surface area contributed by atoms with Gasteiger partial charge in [0.25, 0.3) is 0 Å². The lowest BCUT2D eigenvalue weighted by Crippen LogP contribution is -2.30. The number of nitrogens with two attached hydrogens (primary N) is 1. The van der Waals surface area contributed by atoms with Crippen LogP contribution in [0, 0.1) is 0 Å². The fourth-order valence-corrected chi connectivity index (χ4v) is 2.31. The third-order valence-electron chi connectivity index (χ3n) is 2.57. The molecule has 0 aliphatic carbocycles. The zero-order valence-electron chi connectivity index (χ0n) is 11.4. The fraction of sp³-hybridized carbons (Fsp3) is 0.750. The summed E-state index contributed by atoms with van der Waals surface area (Å²) < 4.78 is 10.2. The minimum atomic E-state index is 0.00940. The zero-order valence-corrected chi connectivity index (χ0v) is 12.2. The third-order valence-corrected chi connectivity index (χ3v) is 3.66. The summed E-state index contributed by atoms with van der Waals surface area (Å²) in [5, 5.41) is 3.06. The maximum atomic E-state index is 5.81. The second-order valence-corrected chi connectivity index (χ2v) is 5.12. The summed E-state index contributed by atoms with van der Waals surface area (Å²) in [5.74, 6) is 0. The molecule has 0 aliphatic heterocycles. The molecule has 2 N–H and O–H groups in total. The standard InChI is InChI=1S/C12H23N3O2S/c1-10(13)12-14-11(9-18-12)8-15(4-6-16-2)5-7-17-3/h9-10H,4-8,13H2,1-3H3. The first-order valence-corrected chi connectivity index (χ1v) is 6.95. The molecule has 1 rings (SSSR count). The highest BCUT2D eigenvalue weighted by Gasteiger charge is 2.10. The minimum Gasteiger partial charge on any atom is -0.383 e. The Morgan fingerprint density at radius 3 is 2.39 bits per heavy atom. The van der Waals surface area contributed by atoms with Crippen molar-refractivity contribution in [3.63, 3.8) is 0 Å². The predicted molar refractivity (Wildman–Crippen MR) is 73.7 cm³/mol. The Labute approximate surface area is 113 Å². The topological polar surface area (TPSA) is 60.6 Å². The average molecular weight is 273 g/mol. The first-order chi connectivity index (χ1) is 8.67. The Hall–Kier alpha value is -0.530. The maximum absolute atomic E-state index is 5.81. The molecular formula is C12H23N3O2S. The summed E-state index contributed by atoms with van der Waals surface area (Å²) in [6, 6.07) is 0.00940. The van der Waals surface area contributed by atoms with Crippen molar-refractivity contribution in [2.45, 2.75) is 19.5 Å². The molecule has 0 radical (unpaired) electrons. The van der Waals surface area contributed by atoms with E-state index in [4.69, 9.17) is 15.2 Å². The summed E-state index contributed by atoms with van der Waals surface area (Å²) >= 11 is 1.62. The lowest BCUT2D eigenvalue weighted by Gasteiger charge is -2.20. The van der Waals surface area contributed by atoms with Crippen molar-refractivity contribution in [3.05, 3.63) is 16.1 Å². The van der Waals surface area contributed by atoms with Gasteiger partial charge in [-0.05, 0) is 6.92 Å². The minimum absolute atomic E-state index is 0.00940. The van der Waals surface area contributed by atoms with Crippen LogP contribution in [0.2, 0.25) is 0 Å². The Morgan fingerprint density at radius 1 is 1.33 bits per heavy atom. The van der Waals surface area contributed by atoms with Crippen LogP contribution in [0.1, 0.15) is 23.7 Å². The second kappa shape index (κ2) is 8.55. The van der Waals surface area contributed by atoms with Gasteiger partial charge in [-0.1, -0.05) is 0 Å². The number of rotatable bonds is 9. The molecule has 1 aromatic rings. The monoisotopic (exact) mass is 273 g/mol. The van der Waals surface area contributed by atoms with Gasteiger partial charge in [-0.2, -0.15) is 0 Å². The van der Waals surface area contributed by atoms with Crippen LogP contribution in [0.3, 0.4) is 0 Å². The lowest BCUT2D eigenvalue weighted by molar-refractivity contribution is 0.109. The van der Waals surface area contributed by atoms with Crippen LogP contribution in [0.15, 0.2) is 5.38 Å². The number of nitrogens with zero attached hydrogens (tertiary/aromatic N) is 2. The Morgan fingerprint density at radius 2 is 1.94 bits per heavy atom. The SMILES string of the molecule is COCCN(CCOC)Cc1csc(C(C)N)n1. The van der Waals surface area contributed by atoms with Crippen LogP contribution in [0.25, 0.3) is 0 Å². The zero-order chi connectivity index (χ0) is 13.4. The summed E-state index contributed by atoms with van der Waals surface area (Å²) in [7, 11) is 3.43. The van der Waals surface area contributed by atoms with Crippen LogP contribution in [0.4, 0.5) is 0 Å². The van der Waals surface area contributed by atoms with Gasteiger partial charge in [-0.25, -0.2) is 4.98 Å². The van der Waals surface area contributed by atoms with E-state index in [1.165, 1.54) is 0 Å². The molecule has 0 aromatic carbocycles. The van der Waals surface area contributed by atoms with Gasteiger partial charge in [0.05, 0.1) is 24.9 Å². The van der Waals surface area contributed by atoms with E-state index in [9.17, 15) is 0 Å². The second-order valence-electron chi connectivity index (χ2n) is 4.23. The number of aromatic nitrogens is 1. The van der Waals surface area contributed by atoms with Crippen molar-refractivity contribution in [2.75, 3.05) is 40.5 Å². The molecule has 0 amide bonds. The molecule has 5 nitrogen and oxygen atoms in total. The molecule has 1 unspecified atom stereocenters. The van der Waals surface area contributed by atoms with Gasteiger partial charge in [0, 0.05) is 39.2 Å². The fourth-order valence-electron chi connectivity index (χ4n) is 1.54. The Kier molecular flexibility index (Phi) is 7.38. The molecule has 0 spiro atoms. The maximum Gasteiger partial charge on any atom is 0.109 e. The number of ether oxygens (including phenoxy) is 2. The van der Waals surface area contributed by atoms with E-state index in [0.29, 0.717) is 13.2 Å². The van der Waals surface area contributed by atoms with Crippen molar-refractivity contribution >= 4 is 11.3 Å². The summed E-state index contributed by atoms with van der Waals surface area (Å²) in [6.07, 6.45) is 0. The third kappa shape index (κ3) is 5.41. The molecule has 18 heavy (non-hydrogen) atoms. The highest BCUT2D eigenvalue weighted by atomic mass is 32.1. The summed E-state index contributed by atoms with van der Waals surface area (Å²) in [4.78, 5) is 6.81. The molecule has 1 aromatic heterocycles. The molecular weight excluding hydrogens is 250 g/mol. The van der Waals surface area contributed by atoms with Gasteiger partial charge in [0.2, 0.25) is 0 Å². The molecule has 0 bridgehead atoms. The van der Waals surface area contributed by atoms with E-state index in [0.717, 1.165) is 30.3 Å². The van der Waals surface area contributed by atoms with Gasteiger partial charge in [0.15, 0.2) is 0 Å². The quantitative estimate of drug-likeness (QED) is 0.734. The van der Waals surface area contributed by atoms with Crippen molar-refractivity contribution < 1.29 is 9.47 Å². The molecule has 1 atom stereocenters.